The van der Waals surface area contributed by atoms with Crippen molar-refractivity contribution in [2.24, 2.45) is 0 Å². The van der Waals surface area contributed by atoms with Crippen molar-refractivity contribution in [2.75, 3.05) is 7.11 Å². The monoisotopic (exact) mass is 390 g/mol. The maximum Gasteiger partial charge on any atom is 0.431 e. The molecule has 0 aromatic heterocycles. The van der Waals surface area contributed by atoms with E-state index in [-0.39, 0.29) is 17.4 Å². The molecular formula is C17H21F7O2. The Labute approximate surface area is 147 Å². The largest absolute Gasteiger partial charge is 0.491 e. The van der Waals surface area contributed by atoms with Gasteiger partial charge in [-0.25, -0.2) is 4.39 Å². The van der Waals surface area contributed by atoms with E-state index in [9.17, 15) is 30.7 Å². The van der Waals surface area contributed by atoms with Gasteiger partial charge >= 0.3 is 18.0 Å². The summed E-state index contributed by atoms with van der Waals surface area (Å²) in [5.74, 6) is 0.239. The van der Waals surface area contributed by atoms with Gasteiger partial charge in [0.15, 0.2) is 0 Å². The molecule has 9 heteroatoms. The summed E-state index contributed by atoms with van der Waals surface area (Å²) in [6.07, 6.45) is -13.8. The third kappa shape index (κ3) is 4.61. The molecule has 0 heterocycles. The van der Waals surface area contributed by atoms with Crippen molar-refractivity contribution >= 4 is 0 Å². The molecule has 0 aliphatic carbocycles. The predicted octanol–water partition coefficient (Wildman–Crippen LogP) is 5.95. The Morgan fingerprint density at radius 3 is 1.96 bits per heavy atom. The number of methoxy groups -OCH3 is 1. The van der Waals surface area contributed by atoms with E-state index < -0.39 is 30.0 Å². The van der Waals surface area contributed by atoms with Gasteiger partial charge in [0.25, 0.3) is 0 Å². The van der Waals surface area contributed by atoms with Crippen molar-refractivity contribution in [1.29, 1.82) is 0 Å². The highest BCUT2D eigenvalue weighted by Crippen LogP contribution is 2.52. The molecule has 0 fully saturated rings. The number of benzene rings is 1. The third-order valence-corrected chi connectivity index (χ3v) is 4.29. The Kier molecular flexibility index (Phi) is 6.60. The molecular weight excluding hydrogens is 369 g/mol. The Morgan fingerprint density at radius 2 is 1.54 bits per heavy atom. The van der Waals surface area contributed by atoms with E-state index >= 15 is 0 Å². The quantitative estimate of drug-likeness (QED) is 0.536. The molecule has 0 spiro atoms. The van der Waals surface area contributed by atoms with Gasteiger partial charge in [0.05, 0.1) is 11.7 Å². The first-order valence-corrected chi connectivity index (χ1v) is 7.85. The van der Waals surface area contributed by atoms with Crippen LogP contribution in [0.1, 0.15) is 39.2 Å². The zero-order valence-corrected chi connectivity index (χ0v) is 14.8. The zero-order chi connectivity index (χ0) is 20.4. The molecule has 0 aliphatic rings. The van der Waals surface area contributed by atoms with Crippen LogP contribution in [0.2, 0.25) is 0 Å². The van der Waals surface area contributed by atoms with Crippen LogP contribution in [0.25, 0.3) is 0 Å². The fourth-order valence-corrected chi connectivity index (χ4v) is 2.33. The van der Waals surface area contributed by atoms with Gasteiger partial charge in [-0.15, -0.1) is 0 Å². The van der Waals surface area contributed by atoms with Crippen LogP contribution in [0, 0.1) is 0 Å². The van der Waals surface area contributed by atoms with E-state index in [4.69, 9.17) is 9.47 Å². The van der Waals surface area contributed by atoms with Gasteiger partial charge in [0.1, 0.15) is 5.75 Å². The zero-order valence-electron chi connectivity index (χ0n) is 14.8. The number of halogens is 7. The summed E-state index contributed by atoms with van der Waals surface area (Å²) >= 11 is 0. The van der Waals surface area contributed by atoms with Gasteiger partial charge in [-0.2, -0.15) is 26.3 Å². The minimum absolute atomic E-state index is 0.0590. The van der Waals surface area contributed by atoms with E-state index in [1.807, 2.05) is 6.92 Å². The normalized spacial score (nSPS) is 16.9. The van der Waals surface area contributed by atoms with Crippen LogP contribution in [-0.2, 0) is 10.3 Å². The Morgan fingerprint density at radius 1 is 1.00 bits per heavy atom. The number of hydrogen-bond donors (Lipinski definition) is 0. The molecule has 1 aromatic rings. The summed E-state index contributed by atoms with van der Waals surface area (Å²) < 4.78 is 102. The van der Waals surface area contributed by atoms with Gasteiger partial charge in [-0.3, -0.25) is 0 Å². The fourth-order valence-electron chi connectivity index (χ4n) is 2.33. The number of ether oxygens (including phenoxy) is 2. The Hall–Kier alpha value is -1.51. The van der Waals surface area contributed by atoms with E-state index in [1.165, 1.54) is 24.3 Å². The van der Waals surface area contributed by atoms with E-state index in [0.29, 0.717) is 6.42 Å². The highest BCUT2D eigenvalue weighted by molar-refractivity contribution is 5.33. The maximum absolute atomic E-state index is 14.2. The van der Waals surface area contributed by atoms with Gasteiger partial charge in [0, 0.05) is 13.5 Å². The molecule has 1 aromatic carbocycles. The van der Waals surface area contributed by atoms with Crippen LogP contribution in [0.5, 0.6) is 5.75 Å². The minimum Gasteiger partial charge on any atom is -0.491 e. The average molecular weight is 390 g/mol. The Balaban J connectivity index is 3.32. The first-order valence-electron chi connectivity index (χ1n) is 7.85. The molecule has 0 saturated carbocycles. The van der Waals surface area contributed by atoms with E-state index in [1.54, 1.807) is 6.92 Å². The van der Waals surface area contributed by atoms with Crippen LogP contribution in [0.3, 0.4) is 0 Å². The molecule has 0 bridgehead atoms. The molecule has 0 amide bonds. The summed E-state index contributed by atoms with van der Waals surface area (Å²) in [7, 11) is 0.926. The van der Waals surface area contributed by atoms with Crippen molar-refractivity contribution in [3.63, 3.8) is 0 Å². The SMILES string of the molecule is CCC(C)Oc1cccc(C(C)(CC(F)(C(F)(F)F)C(F)(F)F)OC)c1. The van der Waals surface area contributed by atoms with Crippen LogP contribution in [0.15, 0.2) is 24.3 Å². The summed E-state index contributed by atoms with van der Waals surface area (Å²) in [5.41, 5.74) is -7.66. The van der Waals surface area contributed by atoms with Gasteiger partial charge in [0.2, 0.25) is 0 Å². The summed E-state index contributed by atoms with van der Waals surface area (Å²) in [6, 6.07) is 5.41. The molecule has 26 heavy (non-hydrogen) atoms. The minimum atomic E-state index is -6.14. The van der Waals surface area contributed by atoms with Gasteiger partial charge in [-0.05, 0) is 38.0 Å². The highest BCUT2D eigenvalue weighted by Gasteiger charge is 2.74. The van der Waals surface area contributed by atoms with Crippen LogP contribution in [-0.4, -0.2) is 31.2 Å². The molecule has 2 unspecified atom stereocenters. The lowest BCUT2D eigenvalue weighted by molar-refractivity contribution is -0.353. The summed E-state index contributed by atoms with van der Waals surface area (Å²) in [5, 5.41) is 0. The summed E-state index contributed by atoms with van der Waals surface area (Å²) in [4.78, 5) is 0. The standard InChI is InChI=1S/C17H21F7O2/c1-5-11(2)26-13-8-6-7-12(9-13)14(3,25-4)10-15(18,16(19,20)21)17(22,23)24/h6-9,11H,5,10H2,1-4H3. The molecule has 150 valence electrons. The smallest absolute Gasteiger partial charge is 0.431 e. The number of hydrogen-bond acceptors (Lipinski definition) is 2. The second-order valence-electron chi connectivity index (χ2n) is 6.27. The molecule has 1 rings (SSSR count). The van der Waals surface area contributed by atoms with Crippen molar-refractivity contribution in [3.8, 4) is 5.75 Å². The molecule has 0 aliphatic heterocycles. The van der Waals surface area contributed by atoms with E-state index in [0.717, 1.165) is 14.0 Å². The molecule has 2 atom stereocenters. The maximum atomic E-state index is 14.2. The average Bonchev–Trinajstić information content (AvgIpc) is 2.52. The van der Waals surface area contributed by atoms with Crippen LogP contribution in [0.4, 0.5) is 30.7 Å². The number of alkyl halides is 7. The van der Waals surface area contributed by atoms with Crippen molar-refractivity contribution in [2.45, 2.75) is 63.3 Å². The predicted molar refractivity (Wildman–Crippen MR) is 81.8 cm³/mol. The van der Waals surface area contributed by atoms with Crippen LogP contribution < -0.4 is 4.74 Å². The van der Waals surface area contributed by atoms with Crippen molar-refractivity contribution < 1.29 is 40.2 Å². The summed E-state index contributed by atoms with van der Waals surface area (Å²) in [6.45, 7) is 4.57. The molecule has 0 saturated heterocycles. The Bertz CT molecular complexity index is 584. The fraction of sp³-hybridized carbons (Fsp3) is 0.647. The number of rotatable bonds is 7. The van der Waals surface area contributed by atoms with Gasteiger partial charge in [-0.1, -0.05) is 19.1 Å². The topological polar surface area (TPSA) is 18.5 Å². The van der Waals surface area contributed by atoms with E-state index in [2.05, 4.69) is 0 Å². The highest BCUT2D eigenvalue weighted by atomic mass is 19.4. The molecule has 2 nitrogen and oxygen atoms in total. The lowest BCUT2D eigenvalue weighted by Crippen LogP contribution is -2.56. The lowest BCUT2D eigenvalue weighted by atomic mass is 9.83. The van der Waals surface area contributed by atoms with Crippen LogP contribution >= 0.6 is 0 Å². The second kappa shape index (κ2) is 7.62. The molecule has 0 radical (unpaired) electrons. The van der Waals surface area contributed by atoms with Gasteiger partial charge < -0.3 is 9.47 Å². The second-order valence-corrected chi connectivity index (χ2v) is 6.27. The first-order chi connectivity index (χ1) is 11.7. The lowest BCUT2D eigenvalue weighted by Gasteiger charge is -2.38. The third-order valence-electron chi connectivity index (χ3n) is 4.29. The molecule has 0 N–H and O–H groups in total. The first kappa shape index (κ1) is 22.5. The van der Waals surface area contributed by atoms with Crippen molar-refractivity contribution in [1.82, 2.24) is 0 Å². The van der Waals surface area contributed by atoms with Crippen molar-refractivity contribution in [3.05, 3.63) is 29.8 Å².